The average Bonchev–Trinajstić information content (AvgIpc) is 3.63. The van der Waals surface area contributed by atoms with Crippen LogP contribution < -0.4 is 0 Å². The molecule has 10 rings (SSSR count). The molecule has 48 heavy (non-hydrogen) atoms. The van der Waals surface area contributed by atoms with Gasteiger partial charge in [-0.2, -0.15) is 0 Å². The number of aromatic nitrogens is 3. The smallest absolute Gasteiger partial charge is 0.167 e. The van der Waals surface area contributed by atoms with Gasteiger partial charge in [-0.1, -0.05) is 123 Å². The van der Waals surface area contributed by atoms with Crippen LogP contribution in [0.25, 0.3) is 88.8 Å². The van der Waals surface area contributed by atoms with E-state index in [0.717, 1.165) is 38.6 Å². The molecule has 0 N–H and O–H groups in total. The predicted octanol–water partition coefficient (Wildman–Crippen LogP) is 11.4. The van der Waals surface area contributed by atoms with E-state index in [4.69, 9.17) is 19.4 Å². The van der Waals surface area contributed by atoms with Gasteiger partial charge in [0.05, 0.1) is 5.56 Å². The minimum atomic E-state index is -0.0781. The lowest BCUT2D eigenvalue weighted by atomic mass is 9.81. The third-order valence-corrected chi connectivity index (χ3v) is 10.1. The van der Waals surface area contributed by atoms with Crippen LogP contribution in [-0.4, -0.2) is 15.0 Å². The van der Waals surface area contributed by atoms with Crippen LogP contribution >= 0.6 is 0 Å². The summed E-state index contributed by atoms with van der Waals surface area (Å²) in [5, 5.41) is 6.95. The number of fused-ring (bicyclic) bond motifs is 9. The molecule has 2 heterocycles. The zero-order valence-electron chi connectivity index (χ0n) is 26.5. The van der Waals surface area contributed by atoms with Crippen molar-refractivity contribution in [1.82, 2.24) is 15.0 Å². The molecule has 226 valence electrons. The Bertz CT molecular complexity index is 2760. The third kappa shape index (κ3) is 3.93. The van der Waals surface area contributed by atoms with Crippen molar-refractivity contribution in [1.29, 1.82) is 0 Å². The lowest BCUT2D eigenvalue weighted by Gasteiger charge is -2.22. The summed E-state index contributed by atoms with van der Waals surface area (Å²) in [6.45, 7) is 4.67. The molecular formula is C44H29N3O. The SMILES string of the molecule is CC1(C)c2ccccc2-c2cc3ccc4ccc(-c5nc(-c6ccccc6)nc(-c6cccc7c6oc6ccccc67)n5)cc4c3cc21. The van der Waals surface area contributed by atoms with E-state index in [1.807, 2.05) is 60.7 Å². The van der Waals surface area contributed by atoms with Crippen molar-refractivity contribution in [3.8, 4) is 45.3 Å². The number of furan rings is 1. The summed E-state index contributed by atoms with van der Waals surface area (Å²) < 4.78 is 6.41. The van der Waals surface area contributed by atoms with E-state index >= 15 is 0 Å². The second kappa shape index (κ2) is 9.93. The number of rotatable bonds is 3. The number of benzene rings is 7. The van der Waals surface area contributed by atoms with Gasteiger partial charge in [0.2, 0.25) is 0 Å². The second-order valence-corrected chi connectivity index (χ2v) is 13.2. The third-order valence-electron chi connectivity index (χ3n) is 10.1. The van der Waals surface area contributed by atoms with Gasteiger partial charge in [0, 0.05) is 27.3 Å². The fourth-order valence-corrected chi connectivity index (χ4v) is 7.65. The molecule has 4 nitrogen and oxygen atoms in total. The molecule has 0 atom stereocenters. The Balaban J connectivity index is 1.20. The van der Waals surface area contributed by atoms with Crippen molar-refractivity contribution in [2.45, 2.75) is 19.3 Å². The molecule has 9 aromatic rings. The highest BCUT2D eigenvalue weighted by Gasteiger charge is 2.35. The number of hydrogen-bond acceptors (Lipinski definition) is 4. The molecule has 0 fully saturated rings. The summed E-state index contributed by atoms with van der Waals surface area (Å²) in [4.78, 5) is 15.2. The maximum atomic E-state index is 6.41. The van der Waals surface area contributed by atoms with E-state index in [1.54, 1.807) is 0 Å². The molecule has 2 aromatic heterocycles. The number of hydrogen-bond donors (Lipinski definition) is 0. The first-order chi connectivity index (χ1) is 23.5. The monoisotopic (exact) mass is 615 g/mol. The van der Waals surface area contributed by atoms with E-state index in [2.05, 4.69) is 92.7 Å². The van der Waals surface area contributed by atoms with E-state index in [1.165, 1.54) is 43.8 Å². The van der Waals surface area contributed by atoms with Crippen molar-refractivity contribution in [3.63, 3.8) is 0 Å². The van der Waals surface area contributed by atoms with Gasteiger partial charge in [0.15, 0.2) is 17.5 Å². The summed E-state index contributed by atoms with van der Waals surface area (Å²) in [6, 6.07) is 49.0. The Kier molecular flexibility index (Phi) is 5.59. The molecule has 0 saturated carbocycles. The van der Waals surface area contributed by atoms with Crippen LogP contribution in [0.1, 0.15) is 25.0 Å². The van der Waals surface area contributed by atoms with Gasteiger partial charge in [-0.15, -0.1) is 0 Å². The molecule has 1 aliphatic rings. The molecule has 4 heteroatoms. The molecule has 7 aromatic carbocycles. The highest BCUT2D eigenvalue weighted by Crippen LogP contribution is 2.50. The van der Waals surface area contributed by atoms with Crippen LogP contribution in [0.4, 0.5) is 0 Å². The van der Waals surface area contributed by atoms with Gasteiger partial charge in [-0.25, -0.2) is 15.0 Å². The highest BCUT2D eigenvalue weighted by molar-refractivity contribution is 6.11. The highest BCUT2D eigenvalue weighted by atomic mass is 16.3. The topological polar surface area (TPSA) is 51.8 Å². The molecule has 0 unspecified atom stereocenters. The molecule has 0 aliphatic heterocycles. The summed E-state index contributed by atoms with van der Waals surface area (Å²) in [5.74, 6) is 1.83. The molecule has 0 bridgehead atoms. The van der Waals surface area contributed by atoms with E-state index in [0.29, 0.717) is 17.5 Å². The molecule has 0 radical (unpaired) electrons. The first-order valence-corrected chi connectivity index (χ1v) is 16.4. The molecule has 1 aliphatic carbocycles. The molecular weight excluding hydrogens is 587 g/mol. The zero-order valence-corrected chi connectivity index (χ0v) is 26.5. The van der Waals surface area contributed by atoms with Crippen LogP contribution in [-0.2, 0) is 5.41 Å². The Hall–Kier alpha value is -6.13. The first-order valence-electron chi connectivity index (χ1n) is 16.4. The Morgan fingerprint density at radius 1 is 0.438 bits per heavy atom. The van der Waals surface area contributed by atoms with Gasteiger partial charge in [0.1, 0.15) is 11.2 Å². The van der Waals surface area contributed by atoms with E-state index in [9.17, 15) is 0 Å². The standard InChI is InChI=1S/C44H29N3O/c1-44(2)37-17-8-6-13-30(37)36-23-28-21-19-26-20-22-29(24-34(26)35(28)25-38(36)44)42-45-41(27-11-4-3-5-12-27)46-43(47-42)33-16-10-15-32-31-14-7-9-18-39(31)48-40(32)33/h3-25H,1-2H3. The maximum Gasteiger partial charge on any atom is 0.167 e. The van der Waals surface area contributed by atoms with Gasteiger partial charge < -0.3 is 4.42 Å². The van der Waals surface area contributed by atoms with Gasteiger partial charge in [0.25, 0.3) is 0 Å². The molecule has 0 spiro atoms. The quantitative estimate of drug-likeness (QED) is 0.186. The molecule has 0 saturated heterocycles. The first kappa shape index (κ1) is 27.0. The largest absolute Gasteiger partial charge is 0.455 e. The van der Waals surface area contributed by atoms with E-state index in [-0.39, 0.29) is 5.41 Å². The Morgan fingerprint density at radius 2 is 1.10 bits per heavy atom. The van der Waals surface area contributed by atoms with Crippen molar-refractivity contribution < 1.29 is 4.42 Å². The normalized spacial score (nSPS) is 13.4. The van der Waals surface area contributed by atoms with Crippen LogP contribution in [0.3, 0.4) is 0 Å². The summed E-state index contributed by atoms with van der Waals surface area (Å²) in [6.07, 6.45) is 0. The zero-order chi connectivity index (χ0) is 32.0. The second-order valence-electron chi connectivity index (χ2n) is 13.2. The minimum Gasteiger partial charge on any atom is -0.455 e. The van der Waals surface area contributed by atoms with Crippen LogP contribution in [0.5, 0.6) is 0 Å². The van der Waals surface area contributed by atoms with Crippen LogP contribution in [0.2, 0.25) is 0 Å². The molecule has 0 amide bonds. The summed E-state index contributed by atoms with van der Waals surface area (Å²) in [5.41, 5.74) is 9.66. The van der Waals surface area contributed by atoms with Crippen molar-refractivity contribution >= 4 is 43.5 Å². The minimum absolute atomic E-state index is 0.0781. The lowest BCUT2D eigenvalue weighted by Crippen LogP contribution is -2.14. The fraction of sp³-hybridized carbons (Fsp3) is 0.0682. The summed E-state index contributed by atoms with van der Waals surface area (Å²) >= 11 is 0. The maximum absolute atomic E-state index is 6.41. The van der Waals surface area contributed by atoms with Gasteiger partial charge >= 0.3 is 0 Å². The van der Waals surface area contributed by atoms with Crippen molar-refractivity contribution in [2.24, 2.45) is 0 Å². The lowest BCUT2D eigenvalue weighted by molar-refractivity contribution is 0.661. The van der Waals surface area contributed by atoms with Gasteiger partial charge in [-0.05, 0) is 74.1 Å². The van der Waals surface area contributed by atoms with Crippen molar-refractivity contribution in [2.75, 3.05) is 0 Å². The fourth-order valence-electron chi connectivity index (χ4n) is 7.65. The van der Waals surface area contributed by atoms with Crippen LogP contribution in [0.15, 0.2) is 144 Å². The predicted molar refractivity (Wildman–Crippen MR) is 196 cm³/mol. The Morgan fingerprint density at radius 3 is 2.00 bits per heavy atom. The van der Waals surface area contributed by atoms with E-state index < -0.39 is 0 Å². The Labute approximate surface area is 277 Å². The average molecular weight is 616 g/mol. The van der Waals surface area contributed by atoms with Crippen LogP contribution in [0, 0.1) is 0 Å². The van der Waals surface area contributed by atoms with Gasteiger partial charge in [-0.3, -0.25) is 0 Å². The number of nitrogens with zero attached hydrogens (tertiary/aromatic N) is 3. The summed E-state index contributed by atoms with van der Waals surface area (Å²) in [7, 11) is 0. The van der Waals surface area contributed by atoms with Crippen molar-refractivity contribution in [3.05, 3.63) is 151 Å². The number of para-hydroxylation sites is 2.